The first-order chi connectivity index (χ1) is 10.7. The molecule has 0 aliphatic rings. The second-order valence-corrected chi connectivity index (χ2v) is 4.73. The number of ether oxygens (including phenoxy) is 1. The Hall–Kier alpha value is -2.69. The molecule has 0 bridgehead atoms. The second-order valence-electron chi connectivity index (χ2n) is 4.73. The van der Waals surface area contributed by atoms with Crippen LogP contribution in [0.2, 0.25) is 0 Å². The van der Waals surface area contributed by atoms with Gasteiger partial charge in [0.15, 0.2) is 0 Å². The van der Waals surface area contributed by atoms with Crippen LogP contribution in [0.3, 0.4) is 0 Å². The van der Waals surface area contributed by atoms with Crippen LogP contribution in [0.25, 0.3) is 0 Å². The van der Waals surface area contributed by atoms with Gasteiger partial charge in [-0.2, -0.15) is 5.10 Å². The van der Waals surface area contributed by atoms with Gasteiger partial charge in [0, 0.05) is 6.20 Å². The smallest absolute Gasteiger partial charge is 0.289 e. The number of benzene rings is 1. The van der Waals surface area contributed by atoms with E-state index in [4.69, 9.17) is 4.74 Å². The quantitative estimate of drug-likeness (QED) is 0.658. The fraction of sp³-hybridized carbons (Fsp3) is 0.235. The SMILES string of the molecule is CCCOc1ccc(/C(C)=N\NC(=O)c2ccccn2)cc1. The van der Waals surface area contributed by atoms with E-state index in [2.05, 4.69) is 22.4 Å². The first kappa shape index (κ1) is 15.7. The van der Waals surface area contributed by atoms with Crippen LogP contribution in [0.15, 0.2) is 53.8 Å². The summed E-state index contributed by atoms with van der Waals surface area (Å²) in [6.45, 7) is 4.60. The molecule has 0 aliphatic carbocycles. The van der Waals surface area contributed by atoms with Crippen molar-refractivity contribution in [2.75, 3.05) is 6.61 Å². The van der Waals surface area contributed by atoms with Gasteiger partial charge in [-0.15, -0.1) is 0 Å². The lowest BCUT2D eigenvalue weighted by atomic mass is 10.1. The van der Waals surface area contributed by atoms with Crippen molar-refractivity contribution < 1.29 is 9.53 Å². The van der Waals surface area contributed by atoms with Gasteiger partial charge in [0.25, 0.3) is 5.91 Å². The van der Waals surface area contributed by atoms with Gasteiger partial charge in [0.1, 0.15) is 11.4 Å². The van der Waals surface area contributed by atoms with Gasteiger partial charge >= 0.3 is 0 Å². The Morgan fingerprint density at radius 2 is 2.00 bits per heavy atom. The summed E-state index contributed by atoms with van der Waals surface area (Å²) < 4.78 is 5.53. The van der Waals surface area contributed by atoms with Crippen LogP contribution >= 0.6 is 0 Å². The van der Waals surface area contributed by atoms with Crippen LogP contribution in [0.1, 0.15) is 36.3 Å². The number of carbonyl (C=O) groups excluding carboxylic acids is 1. The Labute approximate surface area is 130 Å². The van der Waals surface area contributed by atoms with Gasteiger partial charge in [-0.3, -0.25) is 9.78 Å². The molecule has 0 atom stereocenters. The topological polar surface area (TPSA) is 63.6 Å². The largest absolute Gasteiger partial charge is 0.494 e. The number of aromatic nitrogens is 1. The molecular formula is C17H19N3O2. The molecule has 1 N–H and O–H groups in total. The Morgan fingerprint density at radius 1 is 1.23 bits per heavy atom. The summed E-state index contributed by atoms with van der Waals surface area (Å²) in [4.78, 5) is 15.8. The molecule has 0 aliphatic heterocycles. The zero-order valence-corrected chi connectivity index (χ0v) is 12.7. The van der Waals surface area contributed by atoms with Crippen molar-refractivity contribution in [3.05, 3.63) is 59.9 Å². The summed E-state index contributed by atoms with van der Waals surface area (Å²) in [7, 11) is 0. The number of nitrogens with one attached hydrogen (secondary N) is 1. The molecule has 5 nitrogen and oxygen atoms in total. The van der Waals surface area contributed by atoms with Crippen molar-refractivity contribution in [3.63, 3.8) is 0 Å². The van der Waals surface area contributed by atoms with Gasteiger partial charge in [-0.05, 0) is 55.3 Å². The van der Waals surface area contributed by atoms with Crippen molar-refractivity contribution in [3.8, 4) is 5.75 Å². The summed E-state index contributed by atoms with van der Waals surface area (Å²) in [6.07, 6.45) is 2.54. The van der Waals surface area contributed by atoms with Crippen LogP contribution in [0.4, 0.5) is 0 Å². The van der Waals surface area contributed by atoms with E-state index >= 15 is 0 Å². The van der Waals surface area contributed by atoms with Crippen molar-refractivity contribution in [1.29, 1.82) is 0 Å². The third kappa shape index (κ3) is 4.41. The highest BCUT2D eigenvalue weighted by molar-refractivity contribution is 6.00. The minimum absolute atomic E-state index is 0.331. The molecule has 0 saturated carbocycles. The van der Waals surface area contributed by atoms with E-state index in [1.165, 1.54) is 0 Å². The molecule has 2 rings (SSSR count). The fourth-order valence-corrected chi connectivity index (χ4v) is 1.77. The van der Waals surface area contributed by atoms with E-state index in [1.807, 2.05) is 31.2 Å². The Balaban J connectivity index is 1.98. The number of pyridine rings is 1. The number of hydrogen-bond donors (Lipinski definition) is 1. The van der Waals surface area contributed by atoms with Crippen LogP contribution in [0.5, 0.6) is 5.75 Å². The van der Waals surface area contributed by atoms with E-state index in [9.17, 15) is 4.79 Å². The summed E-state index contributed by atoms with van der Waals surface area (Å²) in [6, 6.07) is 12.8. The molecule has 1 heterocycles. The highest BCUT2D eigenvalue weighted by Crippen LogP contribution is 2.13. The average molecular weight is 297 g/mol. The standard InChI is InChI=1S/C17H19N3O2/c1-3-12-22-15-9-7-14(8-10-15)13(2)19-20-17(21)16-6-4-5-11-18-16/h4-11H,3,12H2,1-2H3,(H,20,21)/b19-13-. The average Bonchev–Trinajstić information content (AvgIpc) is 2.58. The van der Waals surface area contributed by atoms with Gasteiger partial charge in [-0.25, -0.2) is 5.43 Å². The minimum Gasteiger partial charge on any atom is -0.494 e. The maximum atomic E-state index is 11.9. The first-order valence-corrected chi connectivity index (χ1v) is 7.19. The monoisotopic (exact) mass is 297 g/mol. The molecule has 0 radical (unpaired) electrons. The van der Waals surface area contributed by atoms with E-state index in [0.717, 1.165) is 17.7 Å². The summed E-state index contributed by atoms with van der Waals surface area (Å²) in [5, 5.41) is 4.10. The molecule has 0 spiro atoms. The molecule has 1 aromatic heterocycles. The van der Waals surface area contributed by atoms with Gasteiger partial charge in [-0.1, -0.05) is 13.0 Å². The Bertz CT molecular complexity index is 637. The van der Waals surface area contributed by atoms with Gasteiger partial charge in [0.2, 0.25) is 0 Å². The van der Waals surface area contributed by atoms with Crippen molar-refractivity contribution in [2.24, 2.45) is 5.10 Å². The number of amides is 1. The van der Waals surface area contributed by atoms with Gasteiger partial charge in [0.05, 0.1) is 12.3 Å². The normalized spacial score (nSPS) is 11.1. The molecule has 2 aromatic rings. The lowest BCUT2D eigenvalue weighted by Crippen LogP contribution is -2.20. The van der Waals surface area contributed by atoms with Gasteiger partial charge < -0.3 is 4.74 Å². The van der Waals surface area contributed by atoms with E-state index in [-0.39, 0.29) is 5.91 Å². The second kappa shape index (κ2) is 7.93. The number of hydrazone groups is 1. The number of nitrogens with zero attached hydrogens (tertiary/aromatic N) is 2. The van der Waals surface area contributed by atoms with Crippen LogP contribution in [0, 0.1) is 0 Å². The van der Waals surface area contributed by atoms with E-state index < -0.39 is 0 Å². The molecule has 0 unspecified atom stereocenters. The molecule has 0 saturated heterocycles. The predicted octanol–water partition coefficient (Wildman–Crippen LogP) is 3.02. The van der Waals surface area contributed by atoms with Crippen LogP contribution in [-0.4, -0.2) is 23.2 Å². The van der Waals surface area contributed by atoms with Crippen molar-refractivity contribution in [1.82, 2.24) is 10.4 Å². The number of hydrogen-bond acceptors (Lipinski definition) is 4. The summed E-state index contributed by atoms with van der Waals surface area (Å²) in [5.41, 5.74) is 4.47. The van der Waals surface area contributed by atoms with E-state index in [1.54, 1.807) is 24.4 Å². The maximum absolute atomic E-state index is 11.9. The van der Waals surface area contributed by atoms with Crippen molar-refractivity contribution >= 4 is 11.6 Å². The third-order valence-electron chi connectivity index (χ3n) is 2.97. The zero-order chi connectivity index (χ0) is 15.8. The van der Waals surface area contributed by atoms with E-state index in [0.29, 0.717) is 18.0 Å². The molecule has 114 valence electrons. The minimum atomic E-state index is -0.331. The number of rotatable bonds is 6. The predicted molar refractivity (Wildman–Crippen MR) is 86.1 cm³/mol. The van der Waals surface area contributed by atoms with Crippen molar-refractivity contribution in [2.45, 2.75) is 20.3 Å². The molecule has 0 fully saturated rings. The highest BCUT2D eigenvalue weighted by Gasteiger charge is 2.05. The summed E-state index contributed by atoms with van der Waals surface area (Å²) in [5.74, 6) is 0.499. The number of carbonyl (C=O) groups is 1. The summed E-state index contributed by atoms with van der Waals surface area (Å²) >= 11 is 0. The highest BCUT2D eigenvalue weighted by atomic mass is 16.5. The zero-order valence-electron chi connectivity index (χ0n) is 12.7. The fourth-order valence-electron chi connectivity index (χ4n) is 1.77. The molecule has 5 heteroatoms. The lowest BCUT2D eigenvalue weighted by molar-refractivity contribution is 0.0950. The molecule has 1 aromatic carbocycles. The maximum Gasteiger partial charge on any atom is 0.289 e. The van der Waals surface area contributed by atoms with Crippen LogP contribution in [-0.2, 0) is 0 Å². The molecule has 1 amide bonds. The first-order valence-electron chi connectivity index (χ1n) is 7.19. The third-order valence-corrected chi connectivity index (χ3v) is 2.97. The Kier molecular flexibility index (Phi) is 5.65. The lowest BCUT2D eigenvalue weighted by Gasteiger charge is -2.06. The molecular weight excluding hydrogens is 278 g/mol. The molecule has 22 heavy (non-hydrogen) atoms. The Morgan fingerprint density at radius 3 is 2.64 bits per heavy atom. The van der Waals surface area contributed by atoms with Crippen LogP contribution < -0.4 is 10.2 Å².